The molecule has 2 rings (SSSR count). The van der Waals surface area contributed by atoms with Crippen LogP contribution in [0.2, 0.25) is 0 Å². The van der Waals surface area contributed by atoms with Crippen LogP contribution in [0, 0.1) is 0 Å². The van der Waals surface area contributed by atoms with Gasteiger partial charge in [0, 0.05) is 24.3 Å². The van der Waals surface area contributed by atoms with Crippen molar-refractivity contribution in [2.24, 2.45) is 10.9 Å². The molecule has 0 saturated carbocycles. The van der Waals surface area contributed by atoms with E-state index in [1.807, 2.05) is 4.90 Å². The van der Waals surface area contributed by atoms with Gasteiger partial charge in [-0.2, -0.15) is 0 Å². The lowest BCUT2D eigenvalue weighted by molar-refractivity contribution is 0.214. The monoisotopic (exact) mass is 276 g/mol. The number of nitrogens with zero attached hydrogens (tertiary/aromatic N) is 2. The number of nitrogens with two attached hydrogens (primary N) is 1. The summed E-state index contributed by atoms with van der Waals surface area (Å²) in [6.45, 7) is 1.63. The van der Waals surface area contributed by atoms with Crippen LogP contribution in [0.25, 0.3) is 0 Å². The average Bonchev–Trinajstić information content (AvgIpc) is 2.76. The second kappa shape index (κ2) is 6.79. The Kier molecular flexibility index (Phi) is 4.81. The third-order valence-electron chi connectivity index (χ3n) is 3.43. The summed E-state index contributed by atoms with van der Waals surface area (Å²) in [5, 5.41) is 14.4. The van der Waals surface area contributed by atoms with Gasteiger partial charge in [0.05, 0.1) is 0 Å². The zero-order chi connectivity index (χ0) is 14.4. The first-order chi connectivity index (χ1) is 9.70. The van der Waals surface area contributed by atoms with Crippen LogP contribution in [0.4, 0.5) is 10.5 Å². The first-order valence-electron chi connectivity index (χ1n) is 6.84. The van der Waals surface area contributed by atoms with Gasteiger partial charge in [-0.25, -0.2) is 4.79 Å². The van der Waals surface area contributed by atoms with Gasteiger partial charge in [-0.3, -0.25) is 0 Å². The number of oxime groups is 1. The largest absolute Gasteiger partial charge is 0.409 e. The number of hydrogen-bond acceptors (Lipinski definition) is 3. The molecule has 0 unspecified atom stereocenters. The lowest BCUT2D eigenvalue weighted by Gasteiger charge is -2.20. The number of carbonyl (C=O) groups is 1. The predicted octanol–water partition coefficient (Wildman–Crippen LogP) is 2.19. The van der Waals surface area contributed by atoms with Crippen LogP contribution in [0.3, 0.4) is 0 Å². The van der Waals surface area contributed by atoms with Crippen molar-refractivity contribution in [3.63, 3.8) is 0 Å². The molecule has 1 saturated heterocycles. The van der Waals surface area contributed by atoms with E-state index in [0.29, 0.717) is 11.3 Å². The number of likely N-dealkylation sites (tertiary alicyclic amines) is 1. The molecule has 0 aliphatic carbocycles. The normalized spacial score (nSPS) is 16.6. The van der Waals surface area contributed by atoms with Gasteiger partial charge in [0.15, 0.2) is 5.84 Å². The van der Waals surface area contributed by atoms with Crippen molar-refractivity contribution in [3.8, 4) is 0 Å². The molecule has 1 aliphatic rings. The highest BCUT2D eigenvalue weighted by molar-refractivity contribution is 5.97. The molecule has 0 aromatic heterocycles. The quantitative estimate of drug-likeness (QED) is 0.334. The molecular formula is C14H20N4O2. The topological polar surface area (TPSA) is 91.0 Å². The Morgan fingerprint density at radius 1 is 1.15 bits per heavy atom. The van der Waals surface area contributed by atoms with Gasteiger partial charge in [0.25, 0.3) is 0 Å². The smallest absolute Gasteiger partial charge is 0.321 e. The number of nitrogens with one attached hydrogen (secondary N) is 1. The Bertz CT molecular complexity index is 476. The number of anilines is 1. The molecule has 1 aliphatic heterocycles. The van der Waals surface area contributed by atoms with Crippen molar-refractivity contribution in [2.75, 3.05) is 18.4 Å². The van der Waals surface area contributed by atoms with Crippen LogP contribution < -0.4 is 11.1 Å². The van der Waals surface area contributed by atoms with E-state index in [2.05, 4.69) is 10.5 Å². The van der Waals surface area contributed by atoms with E-state index in [4.69, 9.17) is 10.9 Å². The van der Waals surface area contributed by atoms with Gasteiger partial charge >= 0.3 is 6.03 Å². The number of amides is 2. The van der Waals surface area contributed by atoms with Gasteiger partial charge < -0.3 is 21.2 Å². The van der Waals surface area contributed by atoms with Crippen LogP contribution in [-0.4, -0.2) is 35.1 Å². The van der Waals surface area contributed by atoms with Gasteiger partial charge in [-0.15, -0.1) is 0 Å². The van der Waals surface area contributed by atoms with Crippen molar-refractivity contribution in [3.05, 3.63) is 29.8 Å². The summed E-state index contributed by atoms with van der Waals surface area (Å²) in [5.74, 6) is 0.0513. The molecule has 1 heterocycles. The van der Waals surface area contributed by atoms with E-state index in [1.165, 1.54) is 12.8 Å². The lowest BCUT2D eigenvalue weighted by atomic mass is 10.2. The van der Waals surface area contributed by atoms with E-state index >= 15 is 0 Å². The predicted molar refractivity (Wildman–Crippen MR) is 78.0 cm³/mol. The van der Waals surface area contributed by atoms with Crippen molar-refractivity contribution in [1.82, 2.24) is 4.90 Å². The maximum atomic E-state index is 12.1. The Hall–Kier alpha value is -2.24. The number of rotatable bonds is 2. The first kappa shape index (κ1) is 14.2. The Morgan fingerprint density at radius 2 is 1.75 bits per heavy atom. The van der Waals surface area contributed by atoms with Crippen molar-refractivity contribution in [1.29, 1.82) is 0 Å². The summed E-state index contributed by atoms with van der Waals surface area (Å²) in [7, 11) is 0. The van der Waals surface area contributed by atoms with Crippen molar-refractivity contribution >= 4 is 17.6 Å². The second-order valence-corrected chi connectivity index (χ2v) is 4.89. The number of benzene rings is 1. The third-order valence-corrected chi connectivity index (χ3v) is 3.43. The van der Waals surface area contributed by atoms with E-state index in [1.54, 1.807) is 24.3 Å². The van der Waals surface area contributed by atoms with Gasteiger partial charge in [0.2, 0.25) is 0 Å². The fourth-order valence-corrected chi connectivity index (χ4v) is 2.26. The van der Waals surface area contributed by atoms with Crippen LogP contribution in [0.15, 0.2) is 29.4 Å². The molecule has 20 heavy (non-hydrogen) atoms. The lowest BCUT2D eigenvalue weighted by Crippen LogP contribution is -2.35. The number of amidine groups is 1. The molecule has 6 heteroatoms. The molecule has 108 valence electrons. The van der Waals surface area contributed by atoms with E-state index < -0.39 is 0 Å². The number of carbonyl (C=O) groups excluding carboxylic acids is 1. The molecule has 4 N–H and O–H groups in total. The minimum Gasteiger partial charge on any atom is -0.409 e. The molecule has 1 aromatic carbocycles. The fourth-order valence-electron chi connectivity index (χ4n) is 2.26. The Balaban J connectivity index is 1.97. The first-order valence-corrected chi connectivity index (χ1v) is 6.84. The van der Waals surface area contributed by atoms with Gasteiger partial charge in [-0.1, -0.05) is 18.0 Å². The zero-order valence-electron chi connectivity index (χ0n) is 11.4. The summed E-state index contributed by atoms with van der Waals surface area (Å²) in [6.07, 6.45) is 4.52. The molecule has 2 amide bonds. The minimum absolute atomic E-state index is 0.0513. The van der Waals surface area contributed by atoms with Crippen LogP contribution in [0.1, 0.15) is 31.2 Å². The summed E-state index contributed by atoms with van der Waals surface area (Å²) in [6, 6.07) is 6.82. The average molecular weight is 276 g/mol. The zero-order valence-corrected chi connectivity index (χ0v) is 11.4. The van der Waals surface area contributed by atoms with Crippen LogP contribution in [-0.2, 0) is 0 Å². The number of urea groups is 1. The van der Waals surface area contributed by atoms with E-state index in [-0.39, 0.29) is 11.9 Å². The Labute approximate surface area is 118 Å². The highest BCUT2D eigenvalue weighted by Crippen LogP contribution is 2.13. The van der Waals surface area contributed by atoms with Crippen LogP contribution >= 0.6 is 0 Å². The van der Waals surface area contributed by atoms with Gasteiger partial charge in [0.1, 0.15) is 0 Å². The highest BCUT2D eigenvalue weighted by Gasteiger charge is 2.15. The maximum Gasteiger partial charge on any atom is 0.321 e. The molecule has 1 aromatic rings. The van der Waals surface area contributed by atoms with Crippen molar-refractivity contribution < 1.29 is 10.0 Å². The summed E-state index contributed by atoms with van der Waals surface area (Å²) in [5.41, 5.74) is 6.80. The molecule has 0 radical (unpaired) electrons. The molecule has 0 bridgehead atoms. The highest BCUT2D eigenvalue weighted by atomic mass is 16.4. The maximum absolute atomic E-state index is 12.1. The molecule has 6 nitrogen and oxygen atoms in total. The summed E-state index contributed by atoms with van der Waals surface area (Å²) in [4.78, 5) is 14.0. The summed E-state index contributed by atoms with van der Waals surface area (Å²) >= 11 is 0. The molecule has 0 atom stereocenters. The van der Waals surface area contributed by atoms with Gasteiger partial charge in [-0.05, 0) is 37.1 Å². The third kappa shape index (κ3) is 3.63. The molecular weight excluding hydrogens is 256 g/mol. The molecule has 0 spiro atoms. The summed E-state index contributed by atoms with van der Waals surface area (Å²) < 4.78 is 0. The van der Waals surface area contributed by atoms with E-state index in [9.17, 15) is 4.79 Å². The second-order valence-electron chi connectivity index (χ2n) is 4.89. The van der Waals surface area contributed by atoms with Crippen LogP contribution in [0.5, 0.6) is 0 Å². The van der Waals surface area contributed by atoms with E-state index in [0.717, 1.165) is 25.9 Å². The SMILES string of the molecule is NC(=NO)c1ccc(NC(=O)N2CCCCCC2)cc1. The Morgan fingerprint density at radius 3 is 2.30 bits per heavy atom. The standard InChI is InChI=1S/C14H20N4O2/c15-13(17-20)11-5-7-12(8-6-11)16-14(19)18-9-3-1-2-4-10-18/h5-8,20H,1-4,9-10H2,(H2,15,17)(H,16,19). The van der Waals surface area contributed by atoms with Crippen molar-refractivity contribution in [2.45, 2.75) is 25.7 Å². The minimum atomic E-state index is -0.0663. The fraction of sp³-hybridized carbons (Fsp3) is 0.429. The molecule has 1 fully saturated rings. The number of hydrogen-bond donors (Lipinski definition) is 3.